The summed E-state index contributed by atoms with van der Waals surface area (Å²) in [6.07, 6.45) is 1.45. The Morgan fingerprint density at radius 2 is 1.95 bits per heavy atom. The number of benzene rings is 1. The van der Waals surface area contributed by atoms with Crippen LogP contribution in [-0.2, 0) is 10.0 Å². The van der Waals surface area contributed by atoms with E-state index in [1.54, 1.807) is 0 Å². The fourth-order valence-electron chi connectivity index (χ4n) is 2.29. The number of non-ortho nitro benzene ring substituents is 1. The summed E-state index contributed by atoms with van der Waals surface area (Å²) in [5.74, 6) is 0.353. The minimum Gasteiger partial charge on any atom is -0.330 e. The first-order chi connectivity index (χ1) is 9.45. The summed E-state index contributed by atoms with van der Waals surface area (Å²) in [5, 5.41) is 10.7. The minimum atomic E-state index is -3.66. The van der Waals surface area contributed by atoms with Crippen molar-refractivity contribution in [1.29, 1.82) is 0 Å². The first kappa shape index (κ1) is 17.8. The number of nitro benzene ring substituents is 1. The lowest BCUT2D eigenvalue weighted by molar-refractivity contribution is -0.385. The van der Waals surface area contributed by atoms with Crippen molar-refractivity contribution in [2.45, 2.75) is 17.7 Å². The molecule has 2 N–H and O–H groups in total. The van der Waals surface area contributed by atoms with E-state index in [1.807, 2.05) is 0 Å². The van der Waals surface area contributed by atoms with E-state index in [-0.39, 0.29) is 23.0 Å². The second-order valence-corrected chi connectivity index (χ2v) is 6.78. The number of sulfonamides is 1. The Hall–Kier alpha value is -1.22. The molecular weight excluding hydrogens is 318 g/mol. The standard InChI is InChI=1S/C12H17N3O4S.ClH/c13-9-10-4-6-14(7-5-10)20(18,19)12-3-1-2-11(8-12)15(16)17;/h1-3,8,10H,4-7,9,13H2;1H. The molecule has 1 heterocycles. The summed E-state index contributed by atoms with van der Waals surface area (Å²) in [5.41, 5.74) is 5.36. The van der Waals surface area contributed by atoms with Crippen molar-refractivity contribution in [3.63, 3.8) is 0 Å². The molecule has 1 saturated heterocycles. The average Bonchev–Trinajstić information content (AvgIpc) is 2.47. The molecule has 1 fully saturated rings. The van der Waals surface area contributed by atoms with Gasteiger partial charge in [0.05, 0.1) is 9.82 Å². The van der Waals surface area contributed by atoms with Crippen molar-refractivity contribution in [2.75, 3.05) is 19.6 Å². The lowest BCUT2D eigenvalue weighted by Crippen LogP contribution is -2.40. The van der Waals surface area contributed by atoms with Crippen molar-refractivity contribution < 1.29 is 13.3 Å². The molecule has 0 aromatic heterocycles. The fourth-order valence-corrected chi connectivity index (χ4v) is 3.80. The molecule has 0 saturated carbocycles. The van der Waals surface area contributed by atoms with E-state index >= 15 is 0 Å². The lowest BCUT2D eigenvalue weighted by atomic mass is 9.99. The van der Waals surface area contributed by atoms with Crippen molar-refractivity contribution in [3.8, 4) is 0 Å². The van der Waals surface area contributed by atoms with Gasteiger partial charge in [0.25, 0.3) is 5.69 Å². The summed E-state index contributed by atoms with van der Waals surface area (Å²) in [6, 6.07) is 5.15. The van der Waals surface area contributed by atoms with Gasteiger partial charge in [0, 0.05) is 25.2 Å². The molecule has 21 heavy (non-hydrogen) atoms. The summed E-state index contributed by atoms with van der Waals surface area (Å²) < 4.78 is 26.2. The summed E-state index contributed by atoms with van der Waals surface area (Å²) in [6.45, 7) is 1.38. The number of rotatable bonds is 4. The quantitative estimate of drug-likeness (QED) is 0.660. The SMILES string of the molecule is Cl.NCC1CCN(S(=O)(=O)c2cccc([N+](=O)[O-])c2)CC1. The van der Waals surface area contributed by atoms with Gasteiger partial charge in [-0.25, -0.2) is 8.42 Å². The molecule has 0 atom stereocenters. The number of nitrogens with two attached hydrogens (primary N) is 1. The van der Waals surface area contributed by atoms with Crippen molar-refractivity contribution >= 4 is 28.1 Å². The number of hydrogen-bond acceptors (Lipinski definition) is 5. The summed E-state index contributed by atoms with van der Waals surface area (Å²) in [4.78, 5) is 10.1. The monoisotopic (exact) mass is 335 g/mol. The van der Waals surface area contributed by atoms with Crippen LogP contribution in [0.1, 0.15) is 12.8 Å². The number of nitro groups is 1. The van der Waals surface area contributed by atoms with Gasteiger partial charge in [-0.05, 0) is 31.4 Å². The van der Waals surface area contributed by atoms with E-state index < -0.39 is 14.9 Å². The van der Waals surface area contributed by atoms with Gasteiger partial charge < -0.3 is 5.73 Å². The van der Waals surface area contributed by atoms with Gasteiger partial charge in [0.1, 0.15) is 0 Å². The van der Waals surface area contributed by atoms with E-state index in [0.717, 1.165) is 18.9 Å². The number of piperidine rings is 1. The van der Waals surface area contributed by atoms with Crippen LogP contribution >= 0.6 is 12.4 Å². The largest absolute Gasteiger partial charge is 0.330 e. The Morgan fingerprint density at radius 1 is 1.33 bits per heavy atom. The predicted octanol–water partition coefficient (Wildman–Crippen LogP) is 1.38. The molecule has 0 radical (unpaired) electrons. The summed E-state index contributed by atoms with van der Waals surface area (Å²) in [7, 11) is -3.66. The highest BCUT2D eigenvalue weighted by atomic mass is 35.5. The number of nitrogens with zero attached hydrogens (tertiary/aromatic N) is 2. The molecule has 0 aliphatic carbocycles. The van der Waals surface area contributed by atoms with Crippen LogP contribution in [0.3, 0.4) is 0 Å². The molecule has 118 valence electrons. The minimum absolute atomic E-state index is 0. The fraction of sp³-hybridized carbons (Fsp3) is 0.500. The van der Waals surface area contributed by atoms with Crippen LogP contribution < -0.4 is 5.73 Å². The maximum Gasteiger partial charge on any atom is 0.270 e. The molecule has 0 bridgehead atoms. The molecule has 2 rings (SSSR count). The second kappa shape index (κ2) is 7.17. The van der Waals surface area contributed by atoms with E-state index in [0.29, 0.717) is 25.6 Å². The third-order valence-electron chi connectivity index (χ3n) is 3.57. The number of halogens is 1. The highest BCUT2D eigenvalue weighted by molar-refractivity contribution is 7.89. The van der Waals surface area contributed by atoms with E-state index in [4.69, 9.17) is 5.73 Å². The molecule has 1 aliphatic heterocycles. The van der Waals surface area contributed by atoms with Crippen molar-refractivity contribution in [3.05, 3.63) is 34.4 Å². The average molecular weight is 336 g/mol. The molecule has 9 heteroatoms. The van der Waals surface area contributed by atoms with Crippen LogP contribution in [0.15, 0.2) is 29.2 Å². The topological polar surface area (TPSA) is 107 Å². The Labute approximate surface area is 129 Å². The zero-order chi connectivity index (χ0) is 14.8. The molecule has 1 aromatic rings. The van der Waals surface area contributed by atoms with E-state index in [2.05, 4.69) is 0 Å². The van der Waals surface area contributed by atoms with Gasteiger partial charge in [-0.2, -0.15) is 4.31 Å². The maximum atomic E-state index is 12.4. The van der Waals surface area contributed by atoms with Crippen LogP contribution in [-0.4, -0.2) is 37.3 Å². The van der Waals surface area contributed by atoms with Crippen molar-refractivity contribution in [1.82, 2.24) is 4.31 Å². The third kappa shape index (κ3) is 3.91. The van der Waals surface area contributed by atoms with Gasteiger partial charge in [0.2, 0.25) is 10.0 Å². The Bertz CT molecular complexity index is 600. The predicted molar refractivity (Wildman–Crippen MR) is 80.9 cm³/mol. The van der Waals surface area contributed by atoms with Crippen molar-refractivity contribution in [2.24, 2.45) is 11.7 Å². The van der Waals surface area contributed by atoms with Gasteiger partial charge in [0.15, 0.2) is 0 Å². The summed E-state index contributed by atoms with van der Waals surface area (Å²) >= 11 is 0. The van der Waals surface area contributed by atoms with E-state index in [1.165, 1.54) is 22.5 Å². The Balaban J connectivity index is 0.00000220. The van der Waals surface area contributed by atoms with Gasteiger partial charge in [-0.3, -0.25) is 10.1 Å². The van der Waals surface area contributed by atoms with E-state index in [9.17, 15) is 18.5 Å². The van der Waals surface area contributed by atoms with Crippen LogP contribution in [0.2, 0.25) is 0 Å². The Morgan fingerprint density at radius 3 is 2.48 bits per heavy atom. The normalized spacial score (nSPS) is 17.2. The molecule has 0 spiro atoms. The van der Waals surface area contributed by atoms with Crippen LogP contribution in [0.4, 0.5) is 5.69 Å². The van der Waals surface area contributed by atoms with Gasteiger partial charge >= 0.3 is 0 Å². The highest BCUT2D eigenvalue weighted by Gasteiger charge is 2.29. The molecule has 1 aliphatic rings. The zero-order valence-corrected chi connectivity index (χ0v) is 13.0. The third-order valence-corrected chi connectivity index (χ3v) is 5.47. The molecule has 0 amide bonds. The molecule has 0 unspecified atom stereocenters. The van der Waals surface area contributed by atoms with Crippen LogP contribution in [0.5, 0.6) is 0 Å². The lowest BCUT2D eigenvalue weighted by Gasteiger charge is -2.30. The van der Waals surface area contributed by atoms with Crippen LogP contribution in [0.25, 0.3) is 0 Å². The molecule has 1 aromatic carbocycles. The first-order valence-corrected chi connectivity index (χ1v) is 7.84. The smallest absolute Gasteiger partial charge is 0.270 e. The first-order valence-electron chi connectivity index (χ1n) is 6.40. The zero-order valence-electron chi connectivity index (χ0n) is 11.3. The molecular formula is C12H18ClN3O4S. The molecule has 7 nitrogen and oxygen atoms in total. The van der Waals surface area contributed by atoms with Gasteiger partial charge in [-0.1, -0.05) is 6.07 Å². The highest BCUT2D eigenvalue weighted by Crippen LogP contribution is 2.25. The Kier molecular flexibility index (Phi) is 6.09. The number of hydrogen-bond donors (Lipinski definition) is 1. The second-order valence-electron chi connectivity index (χ2n) is 4.84. The maximum absolute atomic E-state index is 12.4. The van der Waals surface area contributed by atoms with Crippen LogP contribution in [0, 0.1) is 16.0 Å². The van der Waals surface area contributed by atoms with Gasteiger partial charge in [-0.15, -0.1) is 12.4 Å².